The normalized spacial score (nSPS) is 13.4. The van der Waals surface area contributed by atoms with Crippen LogP contribution < -0.4 is 0 Å². The lowest BCUT2D eigenvalue weighted by Gasteiger charge is -2.14. The molecule has 0 heteroatoms. The van der Waals surface area contributed by atoms with Gasteiger partial charge in [0.1, 0.15) is 0 Å². The van der Waals surface area contributed by atoms with Crippen LogP contribution in [0.15, 0.2) is 54.6 Å². The highest BCUT2D eigenvalue weighted by Gasteiger charge is 2.10. The fourth-order valence-electron chi connectivity index (χ4n) is 2.89. The Morgan fingerprint density at radius 1 is 0.824 bits per heavy atom. The number of rotatable bonds is 0. The van der Waals surface area contributed by atoms with Crippen molar-refractivity contribution in [2.75, 3.05) is 0 Å². The summed E-state index contributed by atoms with van der Waals surface area (Å²) >= 11 is 0. The van der Waals surface area contributed by atoms with Crippen LogP contribution in [0.5, 0.6) is 0 Å². The molecule has 1 aliphatic rings. The number of fused-ring (bicyclic) bond motifs is 2. The first kappa shape index (κ1) is 9.00. The number of hydrogen-bond donors (Lipinski definition) is 0. The first-order chi connectivity index (χ1) is 8.43. The highest BCUT2D eigenvalue weighted by molar-refractivity contribution is 6.12. The zero-order valence-electron chi connectivity index (χ0n) is 9.48. The maximum absolute atomic E-state index is 2.30. The standard InChI is InChI=1S/C17H12/c1-2-9-15-13(5-1)11-14-8-3-6-12-7-4-10-16(15)17(12)14/h1-5,7-11H,6H2. The number of benzene rings is 3. The predicted octanol–water partition coefficient (Wildman–Crippen LogP) is 4.56. The Balaban J connectivity index is 2.34. The first-order valence-electron chi connectivity index (χ1n) is 6.03. The van der Waals surface area contributed by atoms with Crippen molar-refractivity contribution < 1.29 is 0 Å². The van der Waals surface area contributed by atoms with Crippen LogP contribution >= 0.6 is 0 Å². The Morgan fingerprint density at radius 2 is 1.71 bits per heavy atom. The Hall–Kier alpha value is -2.08. The van der Waals surface area contributed by atoms with E-state index in [1.807, 2.05) is 0 Å². The molecule has 17 heavy (non-hydrogen) atoms. The second-order valence-electron chi connectivity index (χ2n) is 4.63. The molecule has 0 radical (unpaired) electrons. The maximum atomic E-state index is 2.30. The number of allylic oxidation sites excluding steroid dienone is 1. The molecule has 0 amide bonds. The molecular weight excluding hydrogens is 204 g/mol. The van der Waals surface area contributed by atoms with Gasteiger partial charge in [0.05, 0.1) is 0 Å². The largest absolute Gasteiger partial charge is 0.0795 e. The van der Waals surface area contributed by atoms with Gasteiger partial charge in [-0.25, -0.2) is 0 Å². The molecule has 4 rings (SSSR count). The Morgan fingerprint density at radius 3 is 2.71 bits per heavy atom. The molecule has 0 aromatic heterocycles. The molecule has 0 heterocycles. The van der Waals surface area contributed by atoms with Gasteiger partial charge in [-0.05, 0) is 45.2 Å². The lowest BCUT2D eigenvalue weighted by molar-refractivity contribution is 1.30. The van der Waals surface area contributed by atoms with Crippen LogP contribution in [0.25, 0.3) is 27.6 Å². The molecule has 0 saturated heterocycles. The van der Waals surface area contributed by atoms with E-state index >= 15 is 0 Å². The zero-order valence-corrected chi connectivity index (χ0v) is 9.48. The van der Waals surface area contributed by atoms with Crippen molar-refractivity contribution in [1.29, 1.82) is 0 Å². The predicted molar refractivity (Wildman–Crippen MR) is 74.2 cm³/mol. The fraction of sp³-hybridized carbons (Fsp3) is 0.0588. The van der Waals surface area contributed by atoms with E-state index in [-0.39, 0.29) is 0 Å². The lowest BCUT2D eigenvalue weighted by Crippen LogP contribution is -1.93. The third-order valence-electron chi connectivity index (χ3n) is 3.64. The summed E-state index contributed by atoms with van der Waals surface area (Å²) in [4.78, 5) is 0. The Bertz CT molecular complexity index is 763. The molecule has 3 aromatic carbocycles. The van der Waals surface area contributed by atoms with Crippen LogP contribution in [-0.2, 0) is 6.42 Å². The molecule has 0 N–H and O–H groups in total. The van der Waals surface area contributed by atoms with Gasteiger partial charge in [0, 0.05) is 0 Å². The Kier molecular flexibility index (Phi) is 1.70. The van der Waals surface area contributed by atoms with Crippen LogP contribution in [0.4, 0.5) is 0 Å². The molecular formula is C17H12. The molecule has 0 bridgehead atoms. The lowest BCUT2D eigenvalue weighted by atomic mass is 9.90. The first-order valence-corrected chi connectivity index (χ1v) is 6.03. The van der Waals surface area contributed by atoms with E-state index in [4.69, 9.17) is 0 Å². The summed E-state index contributed by atoms with van der Waals surface area (Å²) in [6.07, 6.45) is 5.57. The Labute approximate surface area is 100 Å². The van der Waals surface area contributed by atoms with Gasteiger partial charge in [-0.1, -0.05) is 54.6 Å². The molecule has 0 saturated carbocycles. The van der Waals surface area contributed by atoms with Gasteiger partial charge in [0.15, 0.2) is 0 Å². The van der Waals surface area contributed by atoms with Gasteiger partial charge < -0.3 is 0 Å². The molecule has 0 nitrogen and oxygen atoms in total. The minimum absolute atomic E-state index is 1.06. The minimum Gasteiger partial charge on any atom is -0.0795 e. The van der Waals surface area contributed by atoms with Crippen molar-refractivity contribution in [3.05, 3.63) is 65.7 Å². The molecule has 80 valence electrons. The van der Waals surface area contributed by atoms with Crippen LogP contribution in [0, 0.1) is 0 Å². The fourth-order valence-corrected chi connectivity index (χ4v) is 2.89. The summed E-state index contributed by atoms with van der Waals surface area (Å²) in [5, 5.41) is 5.52. The van der Waals surface area contributed by atoms with E-state index in [0.29, 0.717) is 0 Å². The summed E-state index contributed by atoms with van der Waals surface area (Å²) in [5.41, 5.74) is 2.81. The molecule has 0 unspecified atom stereocenters. The maximum Gasteiger partial charge on any atom is -0.00698 e. The van der Waals surface area contributed by atoms with Crippen molar-refractivity contribution in [3.63, 3.8) is 0 Å². The summed E-state index contributed by atoms with van der Waals surface area (Å²) in [6.45, 7) is 0. The van der Waals surface area contributed by atoms with Crippen molar-refractivity contribution >= 4 is 27.6 Å². The van der Waals surface area contributed by atoms with Crippen molar-refractivity contribution in [2.24, 2.45) is 0 Å². The molecule has 0 fully saturated rings. The second-order valence-corrected chi connectivity index (χ2v) is 4.63. The third-order valence-corrected chi connectivity index (χ3v) is 3.64. The van der Waals surface area contributed by atoms with Crippen molar-refractivity contribution in [2.45, 2.75) is 6.42 Å². The molecule has 1 aliphatic carbocycles. The van der Waals surface area contributed by atoms with E-state index in [0.717, 1.165) is 6.42 Å². The van der Waals surface area contributed by atoms with Crippen LogP contribution in [0.1, 0.15) is 11.1 Å². The van der Waals surface area contributed by atoms with E-state index in [9.17, 15) is 0 Å². The van der Waals surface area contributed by atoms with Crippen LogP contribution in [0.3, 0.4) is 0 Å². The molecule has 3 aromatic rings. The summed E-state index contributed by atoms with van der Waals surface area (Å²) in [5.74, 6) is 0. The zero-order chi connectivity index (χ0) is 11.2. The van der Waals surface area contributed by atoms with E-state index < -0.39 is 0 Å². The molecule has 0 spiro atoms. The van der Waals surface area contributed by atoms with Gasteiger partial charge >= 0.3 is 0 Å². The molecule has 0 aliphatic heterocycles. The van der Waals surface area contributed by atoms with Crippen LogP contribution in [0.2, 0.25) is 0 Å². The second kappa shape index (κ2) is 3.21. The van der Waals surface area contributed by atoms with Gasteiger partial charge in [-0.15, -0.1) is 0 Å². The SMILES string of the molecule is C1=Cc2cc3ccccc3c3cccc(c23)C1. The smallest absolute Gasteiger partial charge is 0.00698 e. The summed E-state index contributed by atoms with van der Waals surface area (Å²) in [6, 6.07) is 17.6. The van der Waals surface area contributed by atoms with Gasteiger partial charge in [0.2, 0.25) is 0 Å². The minimum atomic E-state index is 1.06. The highest BCUT2D eigenvalue weighted by atomic mass is 14.1. The average Bonchev–Trinajstić information content (AvgIpc) is 2.39. The quantitative estimate of drug-likeness (QED) is 0.483. The summed E-state index contributed by atoms with van der Waals surface area (Å²) < 4.78 is 0. The van der Waals surface area contributed by atoms with Gasteiger partial charge in [-0.3, -0.25) is 0 Å². The monoisotopic (exact) mass is 216 g/mol. The summed E-state index contributed by atoms with van der Waals surface area (Å²) in [7, 11) is 0. The van der Waals surface area contributed by atoms with Gasteiger partial charge in [-0.2, -0.15) is 0 Å². The number of hydrogen-bond acceptors (Lipinski definition) is 0. The van der Waals surface area contributed by atoms with E-state index in [1.54, 1.807) is 0 Å². The van der Waals surface area contributed by atoms with Crippen LogP contribution in [-0.4, -0.2) is 0 Å². The van der Waals surface area contributed by atoms with Gasteiger partial charge in [0.25, 0.3) is 0 Å². The van der Waals surface area contributed by atoms with E-state index in [2.05, 4.69) is 60.7 Å². The third kappa shape index (κ3) is 1.18. The topological polar surface area (TPSA) is 0 Å². The van der Waals surface area contributed by atoms with Crippen molar-refractivity contribution in [3.8, 4) is 0 Å². The van der Waals surface area contributed by atoms with Crippen molar-refractivity contribution in [1.82, 2.24) is 0 Å². The highest BCUT2D eigenvalue weighted by Crippen LogP contribution is 2.34. The van der Waals surface area contributed by atoms with E-state index in [1.165, 1.54) is 32.7 Å². The average molecular weight is 216 g/mol. The molecule has 0 atom stereocenters.